The normalized spacial score (nSPS) is 23.6. The van der Waals surface area contributed by atoms with Gasteiger partial charge in [-0.1, -0.05) is 307 Å². The van der Waals surface area contributed by atoms with Crippen molar-refractivity contribution in [2.75, 3.05) is 19.8 Å². The molecule has 0 aromatic heterocycles. The molecule has 2 rings (SSSR count). The number of ether oxygens (including phenoxy) is 4. The first-order valence-corrected chi connectivity index (χ1v) is 36.2. The SMILES string of the molecule is CCCCCCCCCCCCCCCCC/C=C/CC/C=C/CC/C=C/C(O)C(COC1OC(CO)C(OC2OC(CO)C(O)C(O)C2O)C(O)C1O)NC(=O)CCCCCCCCCCCCCCCCCCCCCCCCCCCCC. The molecule has 9 N–H and O–H groups in total. The highest BCUT2D eigenvalue weighted by atomic mass is 16.7. The molecule has 2 fully saturated rings. The molecule has 0 spiro atoms. The van der Waals surface area contributed by atoms with Crippen LogP contribution < -0.4 is 5.32 Å². The highest BCUT2D eigenvalue weighted by molar-refractivity contribution is 5.76. The molecule has 0 bridgehead atoms. The van der Waals surface area contributed by atoms with Gasteiger partial charge in [-0.25, -0.2) is 0 Å². The van der Waals surface area contributed by atoms with Crippen LogP contribution in [-0.2, 0) is 23.7 Å². The van der Waals surface area contributed by atoms with E-state index in [-0.39, 0.29) is 18.9 Å². The smallest absolute Gasteiger partial charge is 0.220 e. The molecule has 1 amide bonds. The molecule has 0 saturated carbocycles. The lowest BCUT2D eigenvalue weighted by atomic mass is 9.97. The van der Waals surface area contributed by atoms with Gasteiger partial charge in [0, 0.05) is 6.42 Å². The number of hydrogen-bond donors (Lipinski definition) is 9. The van der Waals surface area contributed by atoms with Crippen LogP contribution in [-0.4, -0.2) is 140 Å². The van der Waals surface area contributed by atoms with Crippen LogP contribution >= 0.6 is 0 Å². The molecule has 2 saturated heterocycles. The molecule has 2 aliphatic heterocycles. The minimum Gasteiger partial charge on any atom is -0.394 e. The number of aliphatic hydroxyl groups is 8. The fourth-order valence-corrected chi connectivity index (χ4v) is 12.0. The fourth-order valence-electron chi connectivity index (χ4n) is 12.0. The molecule has 506 valence electrons. The fraction of sp³-hybridized carbons (Fsp3) is 0.903. The van der Waals surface area contributed by atoms with Crippen LogP contribution in [0.2, 0.25) is 0 Å². The second kappa shape index (κ2) is 57.1. The first-order chi connectivity index (χ1) is 42.1. The van der Waals surface area contributed by atoms with E-state index < -0.39 is 86.8 Å². The van der Waals surface area contributed by atoms with Gasteiger partial charge in [-0.2, -0.15) is 0 Å². The van der Waals surface area contributed by atoms with Gasteiger partial charge in [0.15, 0.2) is 12.6 Å². The van der Waals surface area contributed by atoms with Crippen molar-refractivity contribution >= 4 is 5.91 Å². The Hall–Kier alpha value is -1.79. The number of carbonyl (C=O) groups excluding carboxylic acids is 1. The Labute approximate surface area is 525 Å². The van der Waals surface area contributed by atoms with Crippen LogP contribution in [0.3, 0.4) is 0 Å². The zero-order chi connectivity index (χ0) is 62.3. The molecule has 12 atom stereocenters. The number of allylic oxidation sites excluding steroid dienone is 5. The van der Waals surface area contributed by atoms with Crippen molar-refractivity contribution in [3.05, 3.63) is 36.5 Å². The summed E-state index contributed by atoms with van der Waals surface area (Å²) in [5.41, 5.74) is 0. The Morgan fingerprint density at radius 2 is 0.744 bits per heavy atom. The van der Waals surface area contributed by atoms with E-state index in [1.165, 1.54) is 244 Å². The maximum absolute atomic E-state index is 13.3. The molecule has 0 aromatic carbocycles. The molecule has 12 unspecified atom stereocenters. The van der Waals surface area contributed by atoms with E-state index in [0.717, 1.165) is 44.9 Å². The Morgan fingerprint density at radius 1 is 0.407 bits per heavy atom. The third-order valence-corrected chi connectivity index (χ3v) is 17.8. The summed E-state index contributed by atoms with van der Waals surface area (Å²) in [6.07, 6.45) is 56.4. The van der Waals surface area contributed by atoms with E-state index in [1.807, 2.05) is 6.08 Å². The van der Waals surface area contributed by atoms with Crippen LogP contribution in [0, 0.1) is 0 Å². The van der Waals surface area contributed by atoms with Crippen molar-refractivity contribution in [3.63, 3.8) is 0 Å². The first kappa shape index (κ1) is 80.3. The van der Waals surface area contributed by atoms with Gasteiger partial charge in [-0.15, -0.1) is 0 Å². The maximum Gasteiger partial charge on any atom is 0.220 e. The van der Waals surface area contributed by atoms with Gasteiger partial charge in [0.25, 0.3) is 0 Å². The number of hydrogen-bond acceptors (Lipinski definition) is 13. The number of rotatable bonds is 60. The molecule has 14 heteroatoms. The Balaban J connectivity index is 1.69. The lowest BCUT2D eigenvalue weighted by Crippen LogP contribution is -2.65. The second-order valence-electron chi connectivity index (χ2n) is 25.7. The number of carbonyl (C=O) groups is 1. The van der Waals surface area contributed by atoms with Crippen molar-refractivity contribution in [1.82, 2.24) is 5.32 Å². The molecule has 14 nitrogen and oxygen atoms in total. The summed E-state index contributed by atoms with van der Waals surface area (Å²) in [6, 6.07) is -0.937. The van der Waals surface area contributed by atoms with Crippen molar-refractivity contribution in [1.29, 1.82) is 0 Å². The van der Waals surface area contributed by atoms with Gasteiger partial charge in [-0.3, -0.25) is 4.79 Å². The number of unbranched alkanes of at least 4 members (excludes halogenated alkanes) is 43. The third-order valence-electron chi connectivity index (χ3n) is 17.8. The Kier molecular flexibility index (Phi) is 53.4. The molecule has 86 heavy (non-hydrogen) atoms. The second-order valence-corrected chi connectivity index (χ2v) is 25.7. The molecule has 0 radical (unpaired) electrons. The first-order valence-electron chi connectivity index (χ1n) is 36.2. The van der Waals surface area contributed by atoms with E-state index in [1.54, 1.807) is 6.08 Å². The molecule has 2 heterocycles. The summed E-state index contributed by atoms with van der Waals surface area (Å²) in [5, 5.41) is 87.4. The van der Waals surface area contributed by atoms with Gasteiger partial charge in [0.2, 0.25) is 5.91 Å². The van der Waals surface area contributed by atoms with Crippen LogP contribution in [0.1, 0.15) is 322 Å². The Bertz CT molecular complexity index is 1580. The van der Waals surface area contributed by atoms with E-state index >= 15 is 0 Å². The van der Waals surface area contributed by atoms with Crippen LogP contribution in [0.15, 0.2) is 36.5 Å². The molecular weight excluding hydrogens is 1090 g/mol. The standard InChI is InChI=1S/C72H135NO13/c1-3-5-7-9-11-13-15-17-19-21-23-25-27-29-30-32-34-36-38-40-42-44-46-48-50-52-54-56-64(77)73-60(59-83-71-69(82)67(80)70(63(58-75)85-71)86-72-68(81)66(79)65(78)62(57-74)84-72)61(76)55-53-51-49-47-45-43-41-39-37-35-33-31-28-26-24-22-20-18-16-14-12-10-8-6-4-2/h37,39,45,47,53,55,60-63,65-72,74-76,78-82H,3-36,38,40-44,46,48-52,54,56-59H2,1-2H3,(H,73,77)/b39-37+,47-45+,55-53+. The number of nitrogens with one attached hydrogen (secondary N) is 1. The predicted octanol–water partition coefficient (Wildman–Crippen LogP) is 14.9. The van der Waals surface area contributed by atoms with Crippen molar-refractivity contribution in [3.8, 4) is 0 Å². The zero-order valence-electron chi connectivity index (χ0n) is 55.1. The summed E-state index contributed by atoms with van der Waals surface area (Å²) >= 11 is 0. The maximum atomic E-state index is 13.3. The third kappa shape index (κ3) is 40.8. The molecule has 2 aliphatic rings. The van der Waals surface area contributed by atoms with E-state index in [0.29, 0.717) is 12.8 Å². The largest absolute Gasteiger partial charge is 0.394 e. The summed E-state index contributed by atoms with van der Waals surface area (Å²) in [5.74, 6) is -0.246. The van der Waals surface area contributed by atoms with Crippen LogP contribution in [0.5, 0.6) is 0 Å². The molecular formula is C72H135NO13. The van der Waals surface area contributed by atoms with Crippen LogP contribution in [0.4, 0.5) is 0 Å². The van der Waals surface area contributed by atoms with E-state index in [4.69, 9.17) is 18.9 Å². The summed E-state index contributed by atoms with van der Waals surface area (Å²) in [7, 11) is 0. The topological polar surface area (TPSA) is 228 Å². The quantitative estimate of drug-likeness (QED) is 0.0204. The van der Waals surface area contributed by atoms with Gasteiger partial charge < -0.3 is 65.1 Å². The summed E-state index contributed by atoms with van der Waals surface area (Å²) in [6.45, 7) is 2.83. The summed E-state index contributed by atoms with van der Waals surface area (Å²) in [4.78, 5) is 13.3. The Morgan fingerprint density at radius 3 is 1.14 bits per heavy atom. The van der Waals surface area contributed by atoms with Gasteiger partial charge >= 0.3 is 0 Å². The van der Waals surface area contributed by atoms with Gasteiger partial charge in [0.1, 0.15) is 48.8 Å². The minimum absolute atomic E-state index is 0.246. The van der Waals surface area contributed by atoms with E-state index in [9.17, 15) is 45.6 Å². The van der Waals surface area contributed by atoms with Gasteiger partial charge in [-0.05, 0) is 44.9 Å². The highest BCUT2D eigenvalue weighted by Crippen LogP contribution is 2.30. The van der Waals surface area contributed by atoms with Gasteiger partial charge in [0.05, 0.1) is 32.0 Å². The van der Waals surface area contributed by atoms with Crippen molar-refractivity contribution < 1.29 is 64.6 Å². The lowest BCUT2D eigenvalue weighted by Gasteiger charge is -2.46. The lowest BCUT2D eigenvalue weighted by molar-refractivity contribution is -0.359. The average Bonchev–Trinajstić information content (AvgIpc) is 2.38. The predicted molar refractivity (Wildman–Crippen MR) is 351 cm³/mol. The highest BCUT2D eigenvalue weighted by Gasteiger charge is 2.51. The number of amides is 1. The van der Waals surface area contributed by atoms with E-state index in [2.05, 4.69) is 43.5 Å². The van der Waals surface area contributed by atoms with Crippen molar-refractivity contribution in [2.24, 2.45) is 0 Å². The zero-order valence-corrected chi connectivity index (χ0v) is 55.1. The van der Waals surface area contributed by atoms with Crippen molar-refractivity contribution in [2.45, 2.75) is 396 Å². The minimum atomic E-state index is -1.79. The molecule has 0 aliphatic carbocycles. The molecule has 0 aromatic rings. The van der Waals surface area contributed by atoms with Crippen LogP contribution in [0.25, 0.3) is 0 Å². The summed E-state index contributed by atoms with van der Waals surface area (Å²) < 4.78 is 22.8. The average molecular weight is 1220 g/mol. The monoisotopic (exact) mass is 1220 g/mol. The number of aliphatic hydroxyl groups excluding tert-OH is 8.